The molecule has 33 heteroatoms. The third-order valence-electron chi connectivity index (χ3n) is 15.9. The first-order valence-corrected chi connectivity index (χ1v) is 40.6. The SMILES string of the molecule is CCn1ccc(S(=O)(=O)Cl)n1.CCn1ccc(S(=O)(=O)N(Cc2ccc(OC)cc2)Cc2ccc(OC)cc2)n1.CCn1nc(S(=O)(=O)N(Cc2ccc(OC)cc2)Cc2ccc(OC)cc2)cc1CN(C)C.CCn1nc(S(N)(=O)=O)cc1CN(C)C.COc1ccc(CNCc2ccc(OC)cc2)cc1. The molecule has 0 atom stereocenters. The summed E-state index contributed by atoms with van der Waals surface area (Å²) in [6.45, 7) is 13.9. The lowest BCUT2D eigenvalue weighted by Crippen LogP contribution is -2.30. The predicted octanol–water partition coefficient (Wildman–Crippen LogP) is 10.1. The summed E-state index contributed by atoms with van der Waals surface area (Å²) in [4.78, 5) is 3.93. The molecule has 6 aromatic carbocycles. The lowest BCUT2D eigenvalue weighted by molar-refractivity contribution is 0.382. The molecule has 0 unspecified atom stereocenters. The van der Waals surface area contributed by atoms with Gasteiger partial charge in [0.05, 0.1) is 54.0 Å². The molecule has 580 valence electrons. The van der Waals surface area contributed by atoms with E-state index in [1.165, 1.54) is 42.6 Å². The first-order valence-electron chi connectivity index (χ1n) is 33.9. The van der Waals surface area contributed by atoms with E-state index in [1.807, 2.05) is 187 Å². The molecular weight excluding hydrogens is 1470 g/mol. The number of nitrogens with one attached hydrogen (secondary N) is 1. The molecule has 0 bridgehead atoms. The van der Waals surface area contributed by atoms with Gasteiger partial charge in [-0.05, 0) is 174 Å². The second-order valence-corrected chi connectivity index (χ2v) is 32.1. The maximum Gasteiger partial charge on any atom is 0.280 e. The molecule has 4 heterocycles. The molecule has 0 fully saturated rings. The number of aromatic nitrogens is 8. The Hall–Kier alpha value is -9.19. The van der Waals surface area contributed by atoms with E-state index >= 15 is 0 Å². The molecule has 28 nitrogen and oxygen atoms in total. The van der Waals surface area contributed by atoms with Crippen molar-refractivity contribution in [1.29, 1.82) is 0 Å². The highest BCUT2D eigenvalue weighted by molar-refractivity contribution is 8.13. The zero-order valence-electron chi connectivity index (χ0n) is 63.0. The van der Waals surface area contributed by atoms with Crippen LogP contribution in [0.1, 0.15) is 72.5 Å². The third-order valence-corrected chi connectivity index (χ3v) is 21.2. The standard InChI is InChI=1S/C24H32N4O4S.C21H25N3O4S.C16H19NO2.C8H16N4O2S.C5H7ClN2O2S/c1-6-28-21(18-26(2)3)15-24(25-28)33(29,30)27(16-19-7-11-22(31-4)12-8-19)17-20-9-13-23(32-5)14-10-20;1-4-23-14-13-21(22-23)29(25,26)24(15-17-5-9-19(27-2)10-6-17)16-18-7-11-20(28-3)12-8-18;1-18-15-7-3-13(4-8-15)11-17-12-14-5-9-16(19-2)10-6-14;1-4-12-7(6-11(2)3)5-8(10-12)15(9,13)14;1-2-8-4-3-5(7-8)11(6,9)10/h7-15H,6,16-18H2,1-5H3;5-14H,4,15-16H2,1-3H3;3-10,17H,11-12H2,1-2H3;5H,4,6H2,1-3H3,(H2,9,13,14);3-4H,2H2,1H3. The number of aryl methyl sites for hydroxylation is 4. The van der Waals surface area contributed by atoms with E-state index in [0.717, 1.165) is 81.2 Å². The van der Waals surface area contributed by atoms with Crippen molar-refractivity contribution in [3.63, 3.8) is 0 Å². The summed E-state index contributed by atoms with van der Waals surface area (Å²) < 4.78 is 138. The van der Waals surface area contributed by atoms with Crippen LogP contribution in [-0.2, 0) is 118 Å². The van der Waals surface area contributed by atoms with Crippen LogP contribution in [0.2, 0.25) is 0 Å². The van der Waals surface area contributed by atoms with Crippen molar-refractivity contribution in [3.8, 4) is 34.5 Å². The van der Waals surface area contributed by atoms with Crippen molar-refractivity contribution in [3.05, 3.63) is 227 Å². The lowest BCUT2D eigenvalue weighted by atomic mass is 10.2. The molecule has 4 aromatic heterocycles. The molecule has 0 radical (unpaired) electrons. The molecule has 0 spiro atoms. The number of nitrogens with zero attached hydrogens (tertiary/aromatic N) is 12. The monoisotopic (exact) mass is 1570 g/mol. The smallest absolute Gasteiger partial charge is 0.280 e. The van der Waals surface area contributed by atoms with E-state index in [9.17, 15) is 33.7 Å². The fourth-order valence-corrected chi connectivity index (χ4v) is 14.1. The number of benzene rings is 6. The van der Waals surface area contributed by atoms with Crippen molar-refractivity contribution in [2.24, 2.45) is 5.14 Å². The minimum absolute atomic E-state index is 0.0429. The zero-order chi connectivity index (χ0) is 78.5. The molecule has 0 saturated heterocycles. The molecule has 10 rings (SSSR count). The minimum atomic E-state index is -3.86. The van der Waals surface area contributed by atoms with E-state index in [2.05, 4.69) is 50.0 Å². The summed E-state index contributed by atoms with van der Waals surface area (Å²) in [5.74, 6) is 4.66. The molecule has 107 heavy (non-hydrogen) atoms. The number of methoxy groups -OCH3 is 6. The number of ether oxygens (including phenoxy) is 6. The van der Waals surface area contributed by atoms with Crippen LogP contribution in [0, 0.1) is 0 Å². The molecule has 10 aromatic rings. The van der Waals surface area contributed by atoms with Crippen LogP contribution in [-0.4, -0.2) is 162 Å². The van der Waals surface area contributed by atoms with Gasteiger partial charge in [-0.3, -0.25) is 18.7 Å². The van der Waals surface area contributed by atoms with Crippen molar-refractivity contribution < 1.29 is 62.1 Å². The molecule has 3 N–H and O–H groups in total. The summed E-state index contributed by atoms with van der Waals surface area (Å²) in [5, 5.41) is 24.6. The van der Waals surface area contributed by atoms with Gasteiger partial charge >= 0.3 is 0 Å². The summed E-state index contributed by atoms with van der Waals surface area (Å²) in [6, 6.07) is 51.8. The zero-order valence-corrected chi connectivity index (χ0v) is 67.0. The number of nitrogens with two attached hydrogens (primary N) is 1. The first-order chi connectivity index (χ1) is 50.9. The Morgan fingerprint density at radius 3 is 0.888 bits per heavy atom. The average molecular weight is 1570 g/mol. The summed E-state index contributed by atoms with van der Waals surface area (Å²) in [6.07, 6.45) is 3.24. The van der Waals surface area contributed by atoms with Crippen LogP contribution in [0.3, 0.4) is 0 Å². The minimum Gasteiger partial charge on any atom is -0.497 e. The van der Waals surface area contributed by atoms with Gasteiger partial charge in [0, 0.05) is 114 Å². The molecular formula is C74H99ClN14O14S4. The Bertz CT molecular complexity index is 4650. The first kappa shape index (κ1) is 86.7. The van der Waals surface area contributed by atoms with Crippen molar-refractivity contribution in [1.82, 2.24) is 62.8 Å². The normalized spacial score (nSPS) is 11.6. The Labute approximate surface area is 634 Å². The van der Waals surface area contributed by atoms with E-state index in [0.29, 0.717) is 39.3 Å². The Balaban J connectivity index is 0.000000220. The van der Waals surface area contributed by atoms with E-state index in [-0.39, 0.29) is 46.3 Å². The molecule has 0 aliphatic heterocycles. The lowest BCUT2D eigenvalue weighted by Gasteiger charge is -2.21. The summed E-state index contributed by atoms with van der Waals surface area (Å²) in [5.41, 5.74) is 7.62. The van der Waals surface area contributed by atoms with Crippen molar-refractivity contribution in [2.75, 3.05) is 70.8 Å². The third kappa shape index (κ3) is 27.2. The van der Waals surface area contributed by atoms with E-state index < -0.39 is 39.1 Å². The van der Waals surface area contributed by atoms with Gasteiger partial charge in [-0.1, -0.05) is 72.8 Å². The van der Waals surface area contributed by atoms with Crippen molar-refractivity contribution in [2.45, 2.75) is 126 Å². The van der Waals surface area contributed by atoms with Gasteiger partial charge < -0.3 is 43.5 Å². The number of primary sulfonamides is 1. The topological polar surface area (TPSA) is 314 Å². The maximum absolute atomic E-state index is 13.7. The largest absolute Gasteiger partial charge is 0.497 e. The number of sulfonamides is 3. The Kier molecular flexibility index (Phi) is 33.9. The number of hydrogen-bond acceptors (Lipinski definition) is 21. The quantitative estimate of drug-likeness (QED) is 0.0370. The van der Waals surface area contributed by atoms with Crippen LogP contribution in [0.15, 0.2) is 202 Å². The van der Waals surface area contributed by atoms with Gasteiger partial charge in [-0.15, -0.1) is 0 Å². The fraction of sp³-hybridized carbons (Fsp3) is 0.351. The Morgan fingerprint density at radius 2 is 0.636 bits per heavy atom. The average Bonchev–Trinajstić information content (AvgIpc) is 1.72. The second kappa shape index (κ2) is 41.8. The molecule has 0 aliphatic carbocycles. The van der Waals surface area contributed by atoms with Gasteiger partial charge in [0.25, 0.3) is 39.1 Å². The second-order valence-electron chi connectivity index (χ2n) is 24.3. The van der Waals surface area contributed by atoms with Crippen LogP contribution < -0.4 is 38.9 Å². The number of rotatable bonds is 32. The maximum atomic E-state index is 13.7. The van der Waals surface area contributed by atoms with Crippen LogP contribution in [0.25, 0.3) is 0 Å². The predicted molar refractivity (Wildman–Crippen MR) is 412 cm³/mol. The molecule has 0 amide bonds. The van der Waals surface area contributed by atoms with Crippen molar-refractivity contribution >= 4 is 49.8 Å². The molecule has 0 saturated carbocycles. The molecule has 0 aliphatic rings. The highest BCUT2D eigenvalue weighted by Gasteiger charge is 2.30. The van der Waals surface area contributed by atoms with E-state index in [1.54, 1.807) is 75.2 Å². The summed E-state index contributed by atoms with van der Waals surface area (Å²) in [7, 11) is 7.49. The highest BCUT2D eigenvalue weighted by Crippen LogP contribution is 2.27. The summed E-state index contributed by atoms with van der Waals surface area (Å²) >= 11 is 0. The van der Waals surface area contributed by atoms with E-state index in [4.69, 9.17) is 44.2 Å². The van der Waals surface area contributed by atoms with Gasteiger partial charge in [0.1, 0.15) is 34.5 Å². The highest BCUT2D eigenvalue weighted by atomic mass is 35.7. The van der Waals surface area contributed by atoms with Gasteiger partial charge in [0.15, 0.2) is 20.1 Å². The Morgan fingerprint density at radius 1 is 0.364 bits per heavy atom. The number of halogens is 1. The van der Waals surface area contributed by atoms with Crippen LogP contribution in [0.5, 0.6) is 34.5 Å². The van der Waals surface area contributed by atoms with Gasteiger partial charge in [0.2, 0.25) is 0 Å². The van der Waals surface area contributed by atoms with Crippen LogP contribution in [0.4, 0.5) is 0 Å². The van der Waals surface area contributed by atoms with Gasteiger partial charge in [-0.2, -0.15) is 29.0 Å². The number of hydrogen-bond donors (Lipinski definition) is 2. The van der Waals surface area contributed by atoms with Gasteiger partial charge in [-0.25, -0.2) is 38.8 Å². The van der Waals surface area contributed by atoms with Crippen LogP contribution >= 0.6 is 10.7 Å². The fourth-order valence-electron chi connectivity index (χ4n) is 10.2.